The first kappa shape index (κ1) is 114. The summed E-state index contributed by atoms with van der Waals surface area (Å²) in [6, 6.07) is 0. The van der Waals surface area contributed by atoms with Crippen molar-refractivity contribution in [2.45, 2.75) is 213 Å². The van der Waals surface area contributed by atoms with Gasteiger partial charge in [-0.1, -0.05) is 90.9 Å². The SMILES string of the molecule is CCCCCCCCC(C(=O)C(O)CO)(C(=O)C(O)CO)C(C(=O)C(O)CO)(C(=O)C(O)CO)C(C(=O)C(O)CO)(C(=O)C(O)CO)C(OC(C(=O)C(O)CO)(C(=O)C(O)CO)C(C(=O)C(O)CO)(C(=O)C(O)CO)C(C(=O)C(O)CO)(C(=O)C(O)CO)C(CCCCCCCC)(C(=O)C(O)CO)C(=O)C(O)CO)(C(=O)C(O)CO)C(=O)C(O)CO. The Morgan fingerprint density at radius 1 is 0.182 bits per heavy atom. The Balaban J connectivity index is 15.9. The van der Waals surface area contributed by atoms with Gasteiger partial charge in [-0.3, -0.25) is 76.7 Å². The van der Waals surface area contributed by atoms with Gasteiger partial charge in [0.25, 0.3) is 0 Å². The van der Waals surface area contributed by atoms with Gasteiger partial charge in [-0.05, 0) is 12.8 Å². The molecule has 16 atom stereocenters. The Morgan fingerprint density at radius 2 is 0.306 bits per heavy atom. The van der Waals surface area contributed by atoms with E-state index in [1.54, 1.807) is 0 Å². The molecular formula is C72H114O49. The normalized spacial score (nSPS) is 20.0. The summed E-state index contributed by atoms with van der Waals surface area (Å²) in [7, 11) is 0. The zero-order valence-electron chi connectivity index (χ0n) is 65.7. The van der Waals surface area contributed by atoms with E-state index in [4.69, 9.17) is 4.74 Å². The van der Waals surface area contributed by atoms with Crippen LogP contribution in [-0.2, 0) is 81.4 Å². The van der Waals surface area contributed by atoms with Crippen LogP contribution < -0.4 is 0 Å². The number of hydrogen-bond donors (Lipinski definition) is 32. The molecule has 16 unspecified atom stereocenters. The number of ketones is 16. The van der Waals surface area contributed by atoms with Crippen LogP contribution in [0.15, 0.2) is 0 Å². The van der Waals surface area contributed by atoms with Crippen LogP contribution in [0.4, 0.5) is 0 Å². The molecule has 696 valence electrons. The molecule has 0 bridgehead atoms. The second-order valence-electron chi connectivity index (χ2n) is 28.3. The van der Waals surface area contributed by atoms with Gasteiger partial charge < -0.3 is 168 Å². The van der Waals surface area contributed by atoms with Crippen molar-refractivity contribution in [2.75, 3.05) is 106 Å². The number of rotatable bonds is 70. The minimum absolute atomic E-state index is 0.0750. The van der Waals surface area contributed by atoms with E-state index in [2.05, 4.69) is 0 Å². The monoisotopic (exact) mass is 1760 g/mol. The third kappa shape index (κ3) is 20.3. The summed E-state index contributed by atoms with van der Waals surface area (Å²) in [5, 5.41) is 378. The fourth-order valence-electron chi connectivity index (χ4n) is 15.8. The Hall–Kier alpha value is -6.60. The maximum absolute atomic E-state index is 17.7. The Labute approximate surface area is 686 Å². The van der Waals surface area contributed by atoms with Crippen molar-refractivity contribution >= 4 is 92.5 Å². The first-order valence-electron chi connectivity index (χ1n) is 37.6. The predicted molar refractivity (Wildman–Crippen MR) is 387 cm³/mol. The van der Waals surface area contributed by atoms with Gasteiger partial charge in [-0.15, -0.1) is 0 Å². The van der Waals surface area contributed by atoms with Gasteiger partial charge in [-0.25, -0.2) is 0 Å². The molecule has 0 amide bonds. The Kier molecular flexibility index (Phi) is 47.8. The van der Waals surface area contributed by atoms with Gasteiger partial charge in [0.2, 0.25) is 34.3 Å². The number of aliphatic hydroxyl groups is 32. The van der Waals surface area contributed by atoms with Crippen molar-refractivity contribution in [3.05, 3.63) is 0 Å². The van der Waals surface area contributed by atoms with E-state index in [0.29, 0.717) is 0 Å². The third-order valence-corrected chi connectivity index (χ3v) is 21.2. The van der Waals surface area contributed by atoms with Gasteiger partial charge in [0.1, 0.15) is 119 Å². The highest BCUT2D eigenvalue weighted by Crippen LogP contribution is 2.71. The number of aliphatic hydroxyl groups excluding tert-OH is 32. The number of carbonyl (C=O) groups excluding carboxylic acids is 16. The van der Waals surface area contributed by atoms with Gasteiger partial charge in [-0.2, -0.15) is 0 Å². The minimum atomic E-state index is -7.72. The van der Waals surface area contributed by atoms with E-state index in [1.165, 1.54) is 13.8 Å². The van der Waals surface area contributed by atoms with Gasteiger partial charge in [0.15, 0.2) is 80.2 Å². The van der Waals surface area contributed by atoms with Crippen LogP contribution in [0.5, 0.6) is 0 Å². The summed E-state index contributed by atoms with van der Waals surface area (Å²) in [6.07, 6.45) is -84.2. The molecule has 0 fully saturated rings. The smallest absolute Gasteiger partial charge is 0.212 e. The van der Waals surface area contributed by atoms with Crippen molar-refractivity contribution in [2.24, 2.45) is 32.5 Å². The van der Waals surface area contributed by atoms with Crippen LogP contribution in [-0.4, -0.2) is 471 Å². The minimum Gasteiger partial charge on any atom is -0.393 e. The molecule has 0 saturated carbocycles. The molecule has 49 heteroatoms. The molecular weight excluding hydrogens is 1650 g/mol. The van der Waals surface area contributed by atoms with Crippen molar-refractivity contribution in [1.29, 1.82) is 0 Å². The number of ether oxygens (including phenoxy) is 1. The molecule has 32 N–H and O–H groups in total. The lowest BCUT2D eigenvalue weighted by Crippen LogP contribution is -2.91. The lowest BCUT2D eigenvalue weighted by molar-refractivity contribution is -0.268. The van der Waals surface area contributed by atoms with Gasteiger partial charge in [0, 0.05) is 0 Å². The number of carbonyl (C=O) groups is 16. The molecule has 0 aliphatic heterocycles. The summed E-state index contributed by atoms with van der Waals surface area (Å²) >= 11 is 0. The Morgan fingerprint density at radius 3 is 0.455 bits per heavy atom. The molecule has 0 radical (unpaired) electrons. The first-order chi connectivity index (χ1) is 56.6. The van der Waals surface area contributed by atoms with Gasteiger partial charge >= 0.3 is 0 Å². The fourth-order valence-corrected chi connectivity index (χ4v) is 15.8. The van der Waals surface area contributed by atoms with Crippen LogP contribution in [0, 0.1) is 32.5 Å². The molecule has 0 rings (SSSR count). The molecule has 0 aromatic heterocycles. The second kappa shape index (κ2) is 50.5. The predicted octanol–water partition coefficient (Wildman–Crippen LogP) is -19.3. The highest BCUT2D eigenvalue weighted by molar-refractivity contribution is 6.39. The van der Waals surface area contributed by atoms with Crippen LogP contribution in [0.3, 0.4) is 0 Å². The molecule has 0 spiro atoms. The van der Waals surface area contributed by atoms with Crippen LogP contribution in [0.2, 0.25) is 0 Å². The lowest BCUT2D eigenvalue weighted by Gasteiger charge is -2.65. The third-order valence-electron chi connectivity index (χ3n) is 21.2. The first-order valence-corrected chi connectivity index (χ1v) is 37.6. The van der Waals surface area contributed by atoms with E-state index in [1.807, 2.05) is 0 Å². The average Bonchev–Trinajstić information content (AvgIpc) is 0.635. The van der Waals surface area contributed by atoms with E-state index >= 15 is 76.7 Å². The zero-order valence-corrected chi connectivity index (χ0v) is 65.7. The van der Waals surface area contributed by atoms with Crippen LogP contribution >= 0.6 is 0 Å². The molecule has 0 aliphatic rings. The van der Waals surface area contributed by atoms with E-state index in [-0.39, 0.29) is 38.5 Å². The van der Waals surface area contributed by atoms with Crippen molar-refractivity contribution < 1.29 is 245 Å². The molecule has 0 aromatic carbocycles. The molecule has 0 heterocycles. The molecule has 49 nitrogen and oxygen atoms in total. The van der Waals surface area contributed by atoms with Crippen LogP contribution in [0.1, 0.15) is 104 Å². The summed E-state index contributed by atoms with van der Waals surface area (Å²) in [5.74, 6) is -63.6. The quantitative estimate of drug-likeness (QED) is 0.0199. The van der Waals surface area contributed by atoms with Gasteiger partial charge in [0.05, 0.1) is 106 Å². The number of Topliss-reactive ketones (excluding diaryl/α,β-unsaturated/α-hetero) is 16. The highest BCUT2D eigenvalue weighted by Gasteiger charge is 2.95. The molecule has 121 heavy (non-hydrogen) atoms. The number of hydrogen-bond acceptors (Lipinski definition) is 49. The van der Waals surface area contributed by atoms with Crippen molar-refractivity contribution in [3.63, 3.8) is 0 Å². The van der Waals surface area contributed by atoms with E-state index in [0.717, 1.165) is 0 Å². The van der Waals surface area contributed by atoms with Crippen molar-refractivity contribution in [1.82, 2.24) is 0 Å². The lowest BCUT2D eigenvalue weighted by atomic mass is 9.34. The average molecular weight is 1760 g/mol. The standard InChI is InChI=1S/C72H114O49/c1-3-5-7-9-11-13-15-65(49(105)33(89)17-73,50(106)34(90)18-74)67(53(109)37(93)21-77,54(110)38(94)22-78)69(57(113)41(97)25-81,58(114)42(98)26-82)71(61(117)45(101)29-85,62(118)46(102)30-86)121-72(63(119)47(103)31-87,64(120)48(104)32-88)70(59(115)43(99)27-83,60(116)44(100)28-84)68(55(111)39(95)23-79,56(112)40(96)24-80)66(51(107)35(91)19-75,52(108)36(92)20-76)16-14-12-10-8-6-4-2/h33-48,73-104H,3-32H2,1-2H3. The zero-order chi connectivity index (χ0) is 94.4. The summed E-state index contributed by atoms with van der Waals surface area (Å²) in [6.45, 7) is -43.2. The maximum Gasteiger partial charge on any atom is 0.212 e. The van der Waals surface area contributed by atoms with E-state index < -0.39 is 391 Å². The summed E-state index contributed by atoms with van der Waals surface area (Å²) in [4.78, 5) is 278. The molecule has 0 saturated heterocycles. The van der Waals surface area contributed by atoms with Crippen LogP contribution in [0.25, 0.3) is 0 Å². The van der Waals surface area contributed by atoms with Crippen molar-refractivity contribution in [3.8, 4) is 0 Å². The molecule has 0 aliphatic carbocycles. The Bertz CT molecular complexity index is 3120. The van der Waals surface area contributed by atoms with E-state index in [9.17, 15) is 163 Å². The maximum atomic E-state index is 17.7. The molecule has 0 aromatic rings. The largest absolute Gasteiger partial charge is 0.393 e. The number of unbranched alkanes of at least 4 members (excludes halogenated alkanes) is 10. The summed E-state index contributed by atoms with van der Waals surface area (Å²) < 4.78 is 6.01. The fraction of sp³-hybridized carbons (Fsp3) is 0.778. The highest BCUT2D eigenvalue weighted by atomic mass is 16.6. The summed E-state index contributed by atoms with van der Waals surface area (Å²) in [5.41, 5.74) is -56.5. The second-order valence-corrected chi connectivity index (χ2v) is 28.3. The topological polar surface area (TPSA) is 930 Å².